The van der Waals surface area contributed by atoms with Crippen molar-refractivity contribution >= 4 is 34.1 Å². The van der Waals surface area contributed by atoms with Gasteiger partial charge in [-0.05, 0) is 25.8 Å². The second-order valence-corrected chi connectivity index (χ2v) is 8.08. The van der Waals surface area contributed by atoms with Crippen molar-refractivity contribution in [2.75, 3.05) is 38.8 Å². The monoisotopic (exact) mass is 475 g/mol. The molecular weight excluding hydrogens is 449 g/mol. The minimum absolute atomic E-state index is 0.000627. The Labute approximate surface area is 194 Å². The Balaban J connectivity index is 1.90. The summed E-state index contributed by atoms with van der Waals surface area (Å²) in [6, 6.07) is 1.07. The number of ether oxygens (including phenoxy) is 1. The van der Waals surface area contributed by atoms with E-state index in [0.29, 0.717) is 17.8 Å². The van der Waals surface area contributed by atoms with Crippen molar-refractivity contribution in [2.45, 2.75) is 25.8 Å². The van der Waals surface area contributed by atoms with Gasteiger partial charge in [0, 0.05) is 18.8 Å². The lowest BCUT2D eigenvalue weighted by Gasteiger charge is -2.24. The van der Waals surface area contributed by atoms with Gasteiger partial charge in [0.2, 0.25) is 5.43 Å². The van der Waals surface area contributed by atoms with Crippen LogP contribution in [0.3, 0.4) is 0 Å². The number of fused-ring (bicyclic) bond motifs is 1. The van der Waals surface area contributed by atoms with Gasteiger partial charge in [0.15, 0.2) is 11.6 Å². The summed E-state index contributed by atoms with van der Waals surface area (Å²) in [6.07, 6.45) is 2.94. The fourth-order valence-electron chi connectivity index (χ4n) is 4.27. The maximum Gasteiger partial charge on any atom is 0.341 e. The zero-order chi connectivity index (χ0) is 24.6. The summed E-state index contributed by atoms with van der Waals surface area (Å²) in [4.78, 5) is 36.2. The first kappa shape index (κ1) is 23.3. The summed E-state index contributed by atoms with van der Waals surface area (Å²) in [6.45, 7) is 2.48. The number of benzene rings is 1. The SMILES string of the molecule is CCO/N=C(/N)C1CN(c2c(F)cc3c(=O)c(C(=O)O)cn(C4CC4)c3c2OC)C/C1=N/OC. The van der Waals surface area contributed by atoms with Gasteiger partial charge in [-0.15, -0.1) is 0 Å². The summed E-state index contributed by atoms with van der Waals surface area (Å²) in [5.74, 6) is -2.29. The molecule has 1 aromatic carbocycles. The molecule has 12 heteroatoms. The predicted octanol–water partition coefficient (Wildman–Crippen LogP) is 1.93. The third-order valence-electron chi connectivity index (χ3n) is 5.91. The molecule has 34 heavy (non-hydrogen) atoms. The number of hydrogen-bond donors (Lipinski definition) is 2. The van der Waals surface area contributed by atoms with E-state index in [-0.39, 0.29) is 41.8 Å². The highest BCUT2D eigenvalue weighted by molar-refractivity contribution is 6.10. The van der Waals surface area contributed by atoms with E-state index in [4.69, 9.17) is 20.1 Å². The van der Waals surface area contributed by atoms with Crippen LogP contribution in [0.5, 0.6) is 5.75 Å². The molecule has 11 nitrogen and oxygen atoms in total. The number of nitrogens with two attached hydrogens (primary N) is 1. The Morgan fingerprint density at radius 2 is 2.09 bits per heavy atom. The van der Waals surface area contributed by atoms with Crippen molar-refractivity contribution in [1.29, 1.82) is 0 Å². The number of amidine groups is 1. The van der Waals surface area contributed by atoms with Crippen LogP contribution in [0.1, 0.15) is 36.2 Å². The molecule has 1 saturated heterocycles. The van der Waals surface area contributed by atoms with Gasteiger partial charge in [0.1, 0.15) is 30.8 Å². The molecule has 0 radical (unpaired) electrons. The van der Waals surface area contributed by atoms with Crippen LogP contribution in [0.25, 0.3) is 10.9 Å². The average Bonchev–Trinajstić information content (AvgIpc) is 3.57. The van der Waals surface area contributed by atoms with Crippen molar-refractivity contribution in [1.82, 2.24) is 4.57 Å². The molecule has 1 atom stereocenters. The van der Waals surface area contributed by atoms with E-state index in [1.807, 2.05) is 0 Å². The number of aromatic nitrogens is 1. The van der Waals surface area contributed by atoms with Crippen molar-refractivity contribution in [3.63, 3.8) is 0 Å². The number of carboxylic acids is 1. The number of pyridine rings is 1. The average molecular weight is 475 g/mol. The molecule has 3 N–H and O–H groups in total. The highest BCUT2D eigenvalue weighted by atomic mass is 19.1. The third-order valence-corrected chi connectivity index (χ3v) is 5.91. The fourth-order valence-corrected chi connectivity index (χ4v) is 4.27. The van der Waals surface area contributed by atoms with Crippen molar-refractivity contribution < 1.29 is 28.7 Å². The molecular formula is C22H26FN5O6. The highest BCUT2D eigenvalue weighted by Crippen LogP contribution is 2.44. The van der Waals surface area contributed by atoms with E-state index < -0.39 is 28.7 Å². The quantitative estimate of drug-likeness (QED) is 0.335. The lowest BCUT2D eigenvalue weighted by atomic mass is 10.1. The second-order valence-electron chi connectivity index (χ2n) is 8.08. The summed E-state index contributed by atoms with van der Waals surface area (Å²) in [5, 5.41) is 17.4. The second kappa shape index (κ2) is 9.20. The maximum absolute atomic E-state index is 15.5. The first-order valence-corrected chi connectivity index (χ1v) is 10.8. The van der Waals surface area contributed by atoms with Crippen LogP contribution >= 0.6 is 0 Å². The van der Waals surface area contributed by atoms with E-state index in [1.165, 1.54) is 20.4 Å². The van der Waals surface area contributed by atoms with Crippen molar-refractivity contribution in [3.8, 4) is 5.75 Å². The molecule has 1 aliphatic heterocycles. The number of carboxylic acid groups (broad SMARTS) is 1. The summed E-state index contributed by atoms with van der Waals surface area (Å²) >= 11 is 0. The first-order valence-electron chi connectivity index (χ1n) is 10.8. The molecule has 1 saturated carbocycles. The van der Waals surface area contributed by atoms with Crippen molar-refractivity contribution in [2.24, 2.45) is 22.0 Å². The minimum atomic E-state index is -1.36. The van der Waals surface area contributed by atoms with Gasteiger partial charge < -0.3 is 34.7 Å². The molecule has 1 unspecified atom stereocenters. The lowest BCUT2D eigenvalue weighted by Crippen LogP contribution is -2.31. The van der Waals surface area contributed by atoms with Gasteiger partial charge >= 0.3 is 5.97 Å². The molecule has 0 amide bonds. The maximum atomic E-state index is 15.5. The van der Waals surface area contributed by atoms with Gasteiger partial charge in [0.05, 0.1) is 36.2 Å². The van der Waals surface area contributed by atoms with E-state index in [2.05, 4.69) is 10.3 Å². The Kier molecular flexibility index (Phi) is 6.31. The van der Waals surface area contributed by atoms with Crippen LogP contribution in [0, 0.1) is 11.7 Å². The van der Waals surface area contributed by atoms with E-state index in [1.54, 1.807) is 16.4 Å². The number of anilines is 1. The number of halogens is 1. The third kappa shape index (κ3) is 3.99. The molecule has 2 heterocycles. The van der Waals surface area contributed by atoms with E-state index in [9.17, 15) is 14.7 Å². The van der Waals surface area contributed by atoms with Crippen molar-refractivity contribution in [3.05, 3.63) is 33.9 Å². The number of methoxy groups -OCH3 is 1. The summed E-state index contributed by atoms with van der Waals surface area (Å²) in [5.41, 5.74) is 5.90. The smallest absolute Gasteiger partial charge is 0.341 e. The topological polar surface area (TPSA) is 141 Å². The van der Waals surface area contributed by atoms with Gasteiger partial charge in [0.25, 0.3) is 0 Å². The zero-order valence-electron chi connectivity index (χ0n) is 19.1. The fraction of sp³-hybridized carbons (Fsp3) is 0.455. The molecule has 2 aliphatic rings. The van der Waals surface area contributed by atoms with Crippen LogP contribution < -0.4 is 20.8 Å². The van der Waals surface area contributed by atoms with Crippen LogP contribution in [0.4, 0.5) is 10.1 Å². The molecule has 1 aliphatic carbocycles. The normalized spacial score (nSPS) is 19.6. The first-order chi connectivity index (χ1) is 16.3. The highest BCUT2D eigenvalue weighted by Gasteiger charge is 2.37. The number of rotatable bonds is 8. The molecule has 182 valence electrons. The Bertz CT molecular complexity index is 1250. The van der Waals surface area contributed by atoms with Gasteiger partial charge in [-0.1, -0.05) is 10.3 Å². The number of aromatic carboxylic acids is 1. The Morgan fingerprint density at radius 3 is 2.68 bits per heavy atom. The molecule has 2 aromatic rings. The van der Waals surface area contributed by atoms with Crippen LogP contribution in [-0.4, -0.2) is 61.1 Å². The molecule has 0 bridgehead atoms. The van der Waals surface area contributed by atoms with Crippen LogP contribution in [0.15, 0.2) is 27.4 Å². The standard InChI is InChI=1S/C22H26FN5O6/c1-4-34-26-21(24)13-8-27(10-16(13)25-33-3)18-15(23)7-12-17(20(18)32-2)28(11-5-6-11)9-14(19(12)29)22(30)31/h7,9,11,13H,4-6,8,10H2,1-3H3,(H2,24,26)(H,30,31)/b25-16-. The largest absolute Gasteiger partial charge is 0.492 e. The zero-order valence-corrected chi connectivity index (χ0v) is 19.1. The van der Waals surface area contributed by atoms with E-state index >= 15 is 4.39 Å². The van der Waals surface area contributed by atoms with Crippen LogP contribution in [-0.2, 0) is 9.68 Å². The van der Waals surface area contributed by atoms with Gasteiger partial charge in [-0.3, -0.25) is 4.79 Å². The summed E-state index contributed by atoms with van der Waals surface area (Å²) < 4.78 is 22.9. The number of hydrogen-bond acceptors (Lipinski definition) is 8. The molecule has 4 rings (SSSR count). The molecule has 2 fully saturated rings. The lowest BCUT2D eigenvalue weighted by molar-refractivity contribution is 0.0694. The van der Waals surface area contributed by atoms with Gasteiger partial charge in [-0.2, -0.15) is 0 Å². The summed E-state index contributed by atoms with van der Waals surface area (Å²) in [7, 11) is 2.78. The molecule has 1 aromatic heterocycles. The number of oxime groups is 2. The molecule has 0 spiro atoms. The Hall–Kier alpha value is -3.83. The van der Waals surface area contributed by atoms with Gasteiger partial charge in [-0.25, -0.2) is 9.18 Å². The van der Waals surface area contributed by atoms with E-state index in [0.717, 1.165) is 18.9 Å². The van der Waals surface area contributed by atoms with Crippen LogP contribution in [0.2, 0.25) is 0 Å². The predicted molar refractivity (Wildman–Crippen MR) is 123 cm³/mol. The Morgan fingerprint density at radius 1 is 1.35 bits per heavy atom. The minimum Gasteiger partial charge on any atom is -0.492 e. The number of carbonyl (C=O) groups is 1. The number of nitrogens with zero attached hydrogens (tertiary/aromatic N) is 4.